The summed E-state index contributed by atoms with van der Waals surface area (Å²) in [6.45, 7) is 3.79. The third-order valence-electron chi connectivity index (χ3n) is 5.26. The molecule has 7 heteroatoms. The Hall–Kier alpha value is -2.93. The highest BCUT2D eigenvalue weighted by molar-refractivity contribution is 7.17. The van der Waals surface area contributed by atoms with E-state index in [1.807, 2.05) is 30.3 Å². The second-order valence-electron chi connectivity index (χ2n) is 7.27. The zero-order valence-corrected chi connectivity index (χ0v) is 17.9. The fourth-order valence-electron chi connectivity index (χ4n) is 3.85. The molecule has 1 amide bonds. The van der Waals surface area contributed by atoms with Crippen LogP contribution in [0.15, 0.2) is 34.9 Å². The number of hydrogen-bond donors (Lipinski definition) is 1. The number of benzene rings is 1. The van der Waals surface area contributed by atoms with Crippen molar-refractivity contribution < 1.29 is 18.8 Å². The normalized spacial score (nSPS) is 13.4. The van der Waals surface area contributed by atoms with E-state index in [1.165, 1.54) is 11.3 Å². The number of rotatable bonds is 5. The highest BCUT2D eigenvalue weighted by Crippen LogP contribution is 2.38. The van der Waals surface area contributed by atoms with Gasteiger partial charge in [0.15, 0.2) is 0 Å². The average molecular weight is 425 g/mol. The summed E-state index contributed by atoms with van der Waals surface area (Å²) in [6, 6.07) is 9.43. The van der Waals surface area contributed by atoms with E-state index in [0.29, 0.717) is 34.2 Å². The van der Waals surface area contributed by atoms with Crippen molar-refractivity contribution in [2.24, 2.45) is 0 Å². The van der Waals surface area contributed by atoms with Crippen LogP contribution >= 0.6 is 11.3 Å². The third-order valence-corrected chi connectivity index (χ3v) is 6.47. The van der Waals surface area contributed by atoms with E-state index in [4.69, 9.17) is 9.26 Å². The fourth-order valence-corrected chi connectivity index (χ4v) is 5.12. The van der Waals surface area contributed by atoms with Crippen LogP contribution in [0.25, 0.3) is 11.3 Å². The van der Waals surface area contributed by atoms with Crippen LogP contribution in [0, 0.1) is 6.92 Å². The van der Waals surface area contributed by atoms with Crippen LogP contribution < -0.4 is 5.32 Å². The molecule has 0 bridgehead atoms. The molecule has 0 spiro atoms. The number of nitrogens with one attached hydrogen (secondary N) is 1. The summed E-state index contributed by atoms with van der Waals surface area (Å²) in [5.74, 6) is -0.283. The highest BCUT2D eigenvalue weighted by atomic mass is 32.1. The third kappa shape index (κ3) is 3.89. The minimum Gasteiger partial charge on any atom is -0.462 e. The maximum atomic E-state index is 13.2. The predicted octanol–water partition coefficient (Wildman–Crippen LogP) is 5.41. The summed E-state index contributed by atoms with van der Waals surface area (Å²) in [6.07, 6.45) is 5.02. The number of ether oxygens (including phenoxy) is 1. The van der Waals surface area contributed by atoms with Gasteiger partial charge >= 0.3 is 5.97 Å². The van der Waals surface area contributed by atoms with Crippen LogP contribution in [-0.2, 0) is 17.6 Å². The van der Waals surface area contributed by atoms with E-state index >= 15 is 0 Å². The van der Waals surface area contributed by atoms with Gasteiger partial charge in [0, 0.05) is 10.4 Å². The van der Waals surface area contributed by atoms with Crippen molar-refractivity contribution in [3.8, 4) is 11.3 Å². The van der Waals surface area contributed by atoms with Gasteiger partial charge < -0.3 is 14.6 Å². The molecule has 0 aliphatic heterocycles. The second kappa shape index (κ2) is 8.83. The predicted molar refractivity (Wildman–Crippen MR) is 116 cm³/mol. The van der Waals surface area contributed by atoms with Gasteiger partial charge in [0.25, 0.3) is 5.91 Å². The number of fused-ring (bicyclic) bond motifs is 1. The van der Waals surface area contributed by atoms with Gasteiger partial charge in [-0.2, -0.15) is 0 Å². The van der Waals surface area contributed by atoms with Crippen LogP contribution in [0.3, 0.4) is 0 Å². The lowest BCUT2D eigenvalue weighted by Crippen LogP contribution is -2.16. The number of aromatic nitrogens is 1. The van der Waals surface area contributed by atoms with Crippen LogP contribution in [0.1, 0.15) is 63.1 Å². The van der Waals surface area contributed by atoms with E-state index in [2.05, 4.69) is 10.5 Å². The lowest BCUT2D eigenvalue weighted by atomic mass is 10.0. The SMILES string of the molecule is CCOC(=O)c1c(NC(=O)c2c(-c3ccccc3)noc2C)sc2c1CCCCC2. The standard InChI is InChI=1S/C23H24N2O4S/c1-3-28-23(27)19-16-12-8-5-9-13-17(16)30-22(19)24-21(26)18-14(2)29-25-20(18)15-10-6-4-7-11-15/h4,6-7,10-11H,3,5,8-9,12-13H2,1-2H3,(H,24,26). The van der Waals surface area contributed by atoms with Gasteiger partial charge in [0.1, 0.15) is 22.0 Å². The topological polar surface area (TPSA) is 81.4 Å². The highest BCUT2D eigenvalue weighted by Gasteiger charge is 2.29. The summed E-state index contributed by atoms with van der Waals surface area (Å²) in [5.41, 5.74) is 3.19. The molecule has 3 aromatic rings. The van der Waals surface area contributed by atoms with Crippen molar-refractivity contribution in [3.05, 3.63) is 57.7 Å². The molecule has 0 saturated carbocycles. The van der Waals surface area contributed by atoms with Gasteiger partial charge in [-0.1, -0.05) is 41.9 Å². The molecule has 0 unspecified atom stereocenters. The number of aryl methyl sites for hydroxylation is 2. The fraction of sp³-hybridized carbons (Fsp3) is 0.348. The second-order valence-corrected chi connectivity index (χ2v) is 8.38. The van der Waals surface area contributed by atoms with Gasteiger partial charge in [-0.15, -0.1) is 11.3 Å². The van der Waals surface area contributed by atoms with Crippen molar-refractivity contribution in [1.82, 2.24) is 5.16 Å². The molecule has 0 radical (unpaired) electrons. The first-order valence-electron chi connectivity index (χ1n) is 10.2. The van der Waals surface area contributed by atoms with Gasteiger partial charge in [-0.25, -0.2) is 4.79 Å². The lowest BCUT2D eigenvalue weighted by molar-refractivity contribution is 0.0527. The van der Waals surface area contributed by atoms with E-state index < -0.39 is 0 Å². The quantitative estimate of drug-likeness (QED) is 0.437. The zero-order chi connectivity index (χ0) is 21.1. The molecule has 0 atom stereocenters. The summed E-state index contributed by atoms with van der Waals surface area (Å²) < 4.78 is 10.6. The Labute approximate surface area is 179 Å². The molecule has 0 saturated heterocycles. The Kier molecular flexibility index (Phi) is 5.99. The van der Waals surface area contributed by atoms with Gasteiger partial charge in [-0.05, 0) is 45.1 Å². The molecule has 1 aliphatic rings. The number of esters is 1. The van der Waals surface area contributed by atoms with E-state index in [-0.39, 0.29) is 11.9 Å². The number of carbonyl (C=O) groups excluding carboxylic acids is 2. The maximum absolute atomic E-state index is 13.2. The molecule has 2 aromatic heterocycles. The number of anilines is 1. The van der Waals surface area contributed by atoms with Gasteiger partial charge in [0.05, 0.1) is 12.2 Å². The Morgan fingerprint density at radius 2 is 1.90 bits per heavy atom. The molecular weight excluding hydrogens is 400 g/mol. The largest absolute Gasteiger partial charge is 0.462 e. The summed E-state index contributed by atoms with van der Waals surface area (Å²) in [4.78, 5) is 27.1. The first-order valence-corrected chi connectivity index (χ1v) is 11.1. The zero-order valence-electron chi connectivity index (χ0n) is 17.1. The molecule has 6 nitrogen and oxygen atoms in total. The molecule has 156 valence electrons. The number of thiophene rings is 1. The molecule has 1 aromatic carbocycles. The smallest absolute Gasteiger partial charge is 0.341 e. The monoisotopic (exact) mass is 424 g/mol. The maximum Gasteiger partial charge on any atom is 0.341 e. The molecular formula is C23H24N2O4S. The van der Waals surface area contributed by atoms with Crippen LogP contribution in [-0.4, -0.2) is 23.6 Å². The molecule has 1 aliphatic carbocycles. The lowest BCUT2D eigenvalue weighted by Gasteiger charge is -2.09. The molecule has 1 N–H and O–H groups in total. The number of amides is 1. The molecule has 4 rings (SSSR count). The first kappa shape index (κ1) is 20.3. The molecule has 30 heavy (non-hydrogen) atoms. The average Bonchev–Trinajstić information content (AvgIpc) is 3.20. The molecule has 0 fully saturated rings. The number of carbonyl (C=O) groups is 2. The van der Waals surface area contributed by atoms with Crippen molar-refractivity contribution in [3.63, 3.8) is 0 Å². The molecule has 2 heterocycles. The first-order chi connectivity index (χ1) is 14.6. The van der Waals surface area contributed by atoms with Crippen LogP contribution in [0.2, 0.25) is 0 Å². The Morgan fingerprint density at radius 1 is 1.13 bits per heavy atom. The van der Waals surface area contributed by atoms with E-state index in [0.717, 1.165) is 48.1 Å². The van der Waals surface area contributed by atoms with Crippen LogP contribution in [0.4, 0.5) is 5.00 Å². The summed E-state index contributed by atoms with van der Waals surface area (Å²) in [7, 11) is 0. The Morgan fingerprint density at radius 3 is 2.67 bits per heavy atom. The Bertz CT molecular complexity index is 1070. The van der Waals surface area contributed by atoms with Crippen molar-refractivity contribution >= 4 is 28.2 Å². The van der Waals surface area contributed by atoms with E-state index in [9.17, 15) is 9.59 Å². The number of nitrogens with zero attached hydrogens (tertiary/aromatic N) is 1. The van der Waals surface area contributed by atoms with Crippen molar-refractivity contribution in [1.29, 1.82) is 0 Å². The Balaban J connectivity index is 1.71. The summed E-state index contributed by atoms with van der Waals surface area (Å²) in [5, 5.41) is 7.59. The van der Waals surface area contributed by atoms with Crippen molar-refractivity contribution in [2.75, 3.05) is 11.9 Å². The number of hydrogen-bond acceptors (Lipinski definition) is 6. The minimum atomic E-state index is -0.377. The van der Waals surface area contributed by atoms with E-state index in [1.54, 1.807) is 13.8 Å². The summed E-state index contributed by atoms with van der Waals surface area (Å²) >= 11 is 1.48. The van der Waals surface area contributed by atoms with Gasteiger partial charge in [-0.3, -0.25) is 4.79 Å². The van der Waals surface area contributed by atoms with Crippen molar-refractivity contribution in [2.45, 2.75) is 46.0 Å². The van der Waals surface area contributed by atoms with Gasteiger partial charge in [0.2, 0.25) is 0 Å². The van der Waals surface area contributed by atoms with Crippen LogP contribution in [0.5, 0.6) is 0 Å². The minimum absolute atomic E-state index is 0.291.